The molecule has 0 fully saturated rings. The van der Waals surface area contributed by atoms with E-state index >= 15 is 0 Å². The number of hydrogen-bond acceptors (Lipinski definition) is 6. The summed E-state index contributed by atoms with van der Waals surface area (Å²) >= 11 is 0. The Kier molecular flexibility index (Phi) is 5.18. The molecule has 3 aromatic rings. The Morgan fingerprint density at radius 3 is 2.48 bits per heavy atom. The van der Waals surface area contributed by atoms with Gasteiger partial charge in [0.05, 0.1) is 17.1 Å². The Morgan fingerprint density at radius 2 is 1.78 bits per heavy atom. The lowest BCUT2D eigenvalue weighted by Gasteiger charge is -2.10. The van der Waals surface area contributed by atoms with E-state index in [-0.39, 0.29) is 22.8 Å². The fourth-order valence-corrected chi connectivity index (χ4v) is 3.72. The van der Waals surface area contributed by atoms with Crippen molar-refractivity contribution in [2.24, 2.45) is 0 Å². The first-order chi connectivity index (χ1) is 12.9. The van der Waals surface area contributed by atoms with Crippen LogP contribution in [-0.4, -0.2) is 31.9 Å². The number of rotatable bonds is 5. The van der Waals surface area contributed by atoms with E-state index in [0.717, 1.165) is 11.6 Å². The van der Waals surface area contributed by atoms with Crippen molar-refractivity contribution in [3.63, 3.8) is 0 Å². The second-order valence-electron chi connectivity index (χ2n) is 5.56. The van der Waals surface area contributed by atoms with Crippen LogP contribution in [-0.2, 0) is 14.8 Å². The number of hydrogen-bond donors (Lipinski definition) is 1. The lowest BCUT2D eigenvalue weighted by atomic mass is 10.1. The van der Waals surface area contributed by atoms with Crippen LogP contribution in [0.1, 0.15) is 27.8 Å². The topological polar surface area (TPSA) is 102 Å². The van der Waals surface area contributed by atoms with Gasteiger partial charge < -0.3 is 4.74 Å². The number of pyridine rings is 1. The summed E-state index contributed by atoms with van der Waals surface area (Å²) in [5, 5.41) is 1.25. The first-order valence-corrected chi connectivity index (χ1v) is 9.59. The number of nitrogens with zero attached hydrogens (tertiary/aromatic N) is 1. The van der Waals surface area contributed by atoms with E-state index in [4.69, 9.17) is 4.74 Å². The number of carbonyl (C=O) groups excluding carboxylic acids is 2. The van der Waals surface area contributed by atoms with Gasteiger partial charge in [-0.25, -0.2) is 22.9 Å². The molecule has 8 heteroatoms. The van der Waals surface area contributed by atoms with E-state index in [9.17, 15) is 18.0 Å². The predicted molar refractivity (Wildman–Crippen MR) is 98.8 cm³/mol. The van der Waals surface area contributed by atoms with Crippen LogP contribution in [0.2, 0.25) is 0 Å². The van der Waals surface area contributed by atoms with Crippen molar-refractivity contribution in [1.29, 1.82) is 0 Å². The van der Waals surface area contributed by atoms with Crippen LogP contribution in [0.4, 0.5) is 0 Å². The average Bonchev–Trinajstić information content (AvgIpc) is 2.67. The SMILES string of the molecule is CCOC(=O)c1ccc(C(=O)NS(=O)(=O)c2cccc3ccccc23)cn1. The van der Waals surface area contributed by atoms with Crippen LogP contribution in [0.15, 0.2) is 65.7 Å². The maximum Gasteiger partial charge on any atom is 0.356 e. The maximum atomic E-state index is 12.7. The highest BCUT2D eigenvalue weighted by atomic mass is 32.2. The van der Waals surface area contributed by atoms with Crippen molar-refractivity contribution in [3.8, 4) is 0 Å². The summed E-state index contributed by atoms with van der Waals surface area (Å²) in [4.78, 5) is 27.8. The molecule has 0 radical (unpaired) electrons. The van der Waals surface area contributed by atoms with Gasteiger partial charge in [0.2, 0.25) is 0 Å². The van der Waals surface area contributed by atoms with Crippen molar-refractivity contribution in [2.75, 3.05) is 6.61 Å². The first-order valence-electron chi connectivity index (χ1n) is 8.10. The van der Waals surface area contributed by atoms with Crippen molar-refractivity contribution < 1.29 is 22.7 Å². The molecular weight excluding hydrogens is 368 g/mol. The van der Waals surface area contributed by atoms with Crippen LogP contribution < -0.4 is 4.72 Å². The van der Waals surface area contributed by atoms with Crippen LogP contribution >= 0.6 is 0 Å². The first kappa shape index (κ1) is 18.5. The number of esters is 1. The molecule has 0 saturated heterocycles. The molecule has 1 amide bonds. The van der Waals surface area contributed by atoms with E-state index < -0.39 is 21.9 Å². The number of benzene rings is 2. The van der Waals surface area contributed by atoms with Gasteiger partial charge in [0, 0.05) is 11.6 Å². The van der Waals surface area contributed by atoms with Crippen molar-refractivity contribution in [2.45, 2.75) is 11.8 Å². The molecule has 0 bridgehead atoms. The summed E-state index contributed by atoms with van der Waals surface area (Å²) in [7, 11) is -4.09. The summed E-state index contributed by atoms with van der Waals surface area (Å²) in [5.74, 6) is -1.46. The standard InChI is InChI=1S/C19H16N2O5S/c1-2-26-19(23)16-11-10-14(12-20-16)18(22)21-27(24,25)17-9-5-7-13-6-3-4-8-15(13)17/h3-12H,2H2,1H3,(H,21,22). The van der Waals surface area contributed by atoms with Gasteiger partial charge in [-0.2, -0.15) is 0 Å². The number of fused-ring (bicyclic) bond motifs is 1. The number of sulfonamides is 1. The molecule has 0 atom stereocenters. The Bertz CT molecular complexity index is 1100. The largest absolute Gasteiger partial charge is 0.461 e. The predicted octanol–water partition coefficient (Wildman–Crippen LogP) is 2.53. The second kappa shape index (κ2) is 7.55. The molecule has 1 heterocycles. The smallest absolute Gasteiger partial charge is 0.356 e. The highest BCUT2D eigenvalue weighted by Gasteiger charge is 2.21. The summed E-state index contributed by atoms with van der Waals surface area (Å²) in [6, 6.07) is 14.4. The number of aromatic nitrogens is 1. The van der Waals surface area contributed by atoms with Gasteiger partial charge in [0.15, 0.2) is 0 Å². The normalized spacial score (nSPS) is 11.1. The number of nitrogens with one attached hydrogen (secondary N) is 1. The van der Waals surface area contributed by atoms with Crippen LogP contribution in [0.5, 0.6) is 0 Å². The summed E-state index contributed by atoms with van der Waals surface area (Å²) in [6.45, 7) is 1.86. The zero-order valence-electron chi connectivity index (χ0n) is 14.4. The number of ether oxygens (including phenoxy) is 1. The molecule has 0 spiro atoms. The lowest BCUT2D eigenvalue weighted by molar-refractivity contribution is 0.0519. The average molecular weight is 384 g/mol. The minimum absolute atomic E-state index is 0.00468. The van der Waals surface area contributed by atoms with Crippen LogP contribution in [0.3, 0.4) is 0 Å². The molecule has 2 aromatic carbocycles. The van der Waals surface area contributed by atoms with Crippen LogP contribution in [0.25, 0.3) is 10.8 Å². The van der Waals surface area contributed by atoms with E-state index in [2.05, 4.69) is 4.98 Å². The van der Waals surface area contributed by atoms with Gasteiger partial charge in [-0.05, 0) is 30.5 Å². The molecule has 27 heavy (non-hydrogen) atoms. The van der Waals surface area contributed by atoms with Gasteiger partial charge >= 0.3 is 5.97 Å². The molecule has 0 aliphatic carbocycles. The van der Waals surface area contributed by atoms with Crippen molar-refractivity contribution in [3.05, 3.63) is 72.1 Å². The Morgan fingerprint density at radius 1 is 1.04 bits per heavy atom. The van der Waals surface area contributed by atoms with Gasteiger partial charge in [-0.1, -0.05) is 36.4 Å². The summed E-state index contributed by atoms with van der Waals surface area (Å²) in [6.07, 6.45) is 1.13. The zero-order valence-corrected chi connectivity index (χ0v) is 15.2. The molecule has 138 valence electrons. The Hall–Kier alpha value is -3.26. The summed E-state index contributed by atoms with van der Waals surface area (Å²) < 4.78 is 32.2. The third-order valence-electron chi connectivity index (χ3n) is 3.78. The molecule has 1 aromatic heterocycles. The van der Waals surface area contributed by atoms with Gasteiger partial charge in [0.25, 0.3) is 15.9 Å². The highest BCUT2D eigenvalue weighted by Crippen LogP contribution is 2.22. The maximum absolute atomic E-state index is 12.7. The Balaban J connectivity index is 1.85. The molecule has 0 aliphatic heterocycles. The third-order valence-corrected chi connectivity index (χ3v) is 5.17. The fourth-order valence-electron chi connectivity index (χ4n) is 2.52. The second-order valence-corrected chi connectivity index (χ2v) is 7.22. The minimum atomic E-state index is -4.09. The van der Waals surface area contributed by atoms with E-state index in [1.165, 1.54) is 18.2 Å². The molecule has 0 unspecified atom stereocenters. The molecule has 0 aliphatic rings. The van der Waals surface area contributed by atoms with E-state index in [1.807, 2.05) is 4.72 Å². The summed E-state index contributed by atoms with van der Waals surface area (Å²) in [5.41, 5.74) is 0.0390. The minimum Gasteiger partial charge on any atom is -0.461 e. The monoisotopic (exact) mass is 384 g/mol. The van der Waals surface area contributed by atoms with Gasteiger partial charge in [0.1, 0.15) is 5.69 Å². The number of carbonyl (C=O) groups is 2. The van der Waals surface area contributed by atoms with Gasteiger partial charge in [-0.15, -0.1) is 0 Å². The van der Waals surface area contributed by atoms with Crippen molar-refractivity contribution in [1.82, 2.24) is 9.71 Å². The molecule has 0 saturated carbocycles. The highest BCUT2D eigenvalue weighted by molar-refractivity contribution is 7.90. The van der Waals surface area contributed by atoms with Crippen LogP contribution in [0, 0.1) is 0 Å². The van der Waals surface area contributed by atoms with Crippen molar-refractivity contribution >= 4 is 32.7 Å². The zero-order chi connectivity index (χ0) is 19.4. The lowest BCUT2D eigenvalue weighted by Crippen LogP contribution is -2.30. The fraction of sp³-hybridized carbons (Fsp3) is 0.105. The number of amides is 1. The molecular formula is C19H16N2O5S. The molecule has 3 rings (SSSR count). The molecule has 7 nitrogen and oxygen atoms in total. The van der Waals surface area contributed by atoms with E-state index in [1.54, 1.807) is 43.3 Å². The quantitative estimate of drug-likeness (QED) is 0.678. The Labute approximate surface area is 156 Å². The molecule has 1 N–H and O–H groups in total. The van der Waals surface area contributed by atoms with Gasteiger partial charge in [-0.3, -0.25) is 4.79 Å². The van der Waals surface area contributed by atoms with E-state index in [0.29, 0.717) is 5.39 Å². The third kappa shape index (κ3) is 3.95.